The van der Waals surface area contributed by atoms with Crippen molar-refractivity contribution in [3.05, 3.63) is 30.0 Å². The molecular formula is C11H13N4O4S2+. The number of aryl methyl sites for hydroxylation is 1. The van der Waals surface area contributed by atoms with Gasteiger partial charge in [0, 0.05) is 23.2 Å². The Bertz CT molecular complexity index is 698. The molecule has 0 fully saturated rings. The smallest absolute Gasteiger partial charge is 0.318 e. The van der Waals surface area contributed by atoms with Crippen LogP contribution in [0.15, 0.2) is 30.0 Å². The van der Waals surface area contributed by atoms with E-state index < -0.39 is 22.5 Å². The second-order valence-corrected chi connectivity index (χ2v) is 6.87. The minimum atomic E-state index is -3.63. The Hall–Kier alpha value is -1.91. The van der Waals surface area contributed by atoms with Crippen LogP contribution >= 0.6 is 11.3 Å². The standard InChI is InChI=1S/C11H12N4O4S2/c16-10(17)8-14-21(18,19)6-4-15-3-1-9(7-13-15)11-12-2-5-20-11/h1-3,5,7,14H,4,6,8H2/p+1. The van der Waals surface area contributed by atoms with Crippen LogP contribution in [0.1, 0.15) is 0 Å². The van der Waals surface area contributed by atoms with Crippen molar-refractivity contribution in [2.75, 3.05) is 12.3 Å². The number of thiazole rings is 1. The molecule has 2 aromatic heterocycles. The highest BCUT2D eigenvalue weighted by atomic mass is 32.2. The molecule has 2 rings (SSSR count). The van der Waals surface area contributed by atoms with E-state index in [9.17, 15) is 13.2 Å². The van der Waals surface area contributed by atoms with Crippen LogP contribution in [0.25, 0.3) is 10.6 Å². The zero-order chi connectivity index (χ0) is 15.3. The van der Waals surface area contributed by atoms with Gasteiger partial charge in [0.1, 0.15) is 23.5 Å². The Morgan fingerprint density at radius 2 is 2.29 bits per heavy atom. The summed E-state index contributed by atoms with van der Waals surface area (Å²) in [5, 5.41) is 15.2. The molecule has 0 spiro atoms. The van der Waals surface area contributed by atoms with Crippen LogP contribution in [0.5, 0.6) is 0 Å². The Morgan fingerprint density at radius 3 is 2.86 bits per heavy atom. The molecule has 0 saturated carbocycles. The second-order valence-electron chi connectivity index (χ2n) is 4.05. The highest BCUT2D eigenvalue weighted by Crippen LogP contribution is 2.18. The molecule has 0 bridgehead atoms. The monoisotopic (exact) mass is 329 g/mol. The first-order valence-electron chi connectivity index (χ1n) is 5.91. The summed E-state index contributed by atoms with van der Waals surface area (Å²) in [5.74, 6) is -1.47. The Balaban J connectivity index is 1.93. The number of nitrogens with zero attached hydrogens (tertiary/aromatic N) is 3. The minimum absolute atomic E-state index is 0.132. The number of carboxylic acids is 1. The molecule has 0 amide bonds. The van der Waals surface area contributed by atoms with E-state index in [-0.39, 0.29) is 12.3 Å². The number of carbonyl (C=O) groups is 1. The third kappa shape index (κ3) is 4.85. The quantitative estimate of drug-likeness (QED) is 0.662. The fourth-order valence-electron chi connectivity index (χ4n) is 1.47. The molecule has 0 aliphatic heterocycles. The van der Waals surface area contributed by atoms with E-state index in [1.54, 1.807) is 24.7 Å². The molecule has 10 heteroatoms. The van der Waals surface area contributed by atoms with Gasteiger partial charge in [-0.1, -0.05) is 4.68 Å². The molecule has 8 nitrogen and oxygen atoms in total. The molecule has 0 aliphatic rings. The van der Waals surface area contributed by atoms with Crippen molar-refractivity contribution in [2.45, 2.75) is 6.54 Å². The number of sulfonamides is 1. The number of hydrogen-bond acceptors (Lipinski definition) is 6. The number of carboxylic acid groups (broad SMARTS) is 1. The molecule has 2 aromatic rings. The first-order valence-corrected chi connectivity index (χ1v) is 8.44. The second kappa shape index (κ2) is 6.70. The van der Waals surface area contributed by atoms with E-state index in [0.29, 0.717) is 0 Å². The van der Waals surface area contributed by atoms with Gasteiger partial charge in [0.25, 0.3) is 0 Å². The van der Waals surface area contributed by atoms with Crippen LogP contribution in [0.3, 0.4) is 0 Å². The predicted molar refractivity (Wildman–Crippen MR) is 75.0 cm³/mol. The van der Waals surface area contributed by atoms with Crippen molar-refractivity contribution in [2.24, 2.45) is 0 Å². The van der Waals surface area contributed by atoms with Gasteiger partial charge in [-0.25, -0.2) is 18.1 Å². The number of aliphatic carboxylic acids is 1. The van der Waals surface area contributed by atoms with Gasteiger partial charge in [0.2, 0.25) is 10.0 Å². The molecule has 0 unspecified atom stereocenters. The minimum Gasteiger partial charge on any atom is -0.480 e. The molecule has 112 valence electrons. The van der Waals surface area contributed by atoms with Crippen molar-refractivity contribution >= 4 is 27.3 Å². The van der Waals surface area contributed by atoms with Gasteiger partial charge in [0.05, 0.1) is 0 Å². The summed E-state index contributed by atoms with van der Waals surface area (Å²) in [5.41, 5.74) is 0.855. The van der Waals surface area contributed by atoms with Gasteiger partial charge < -0.3 is 5.11 Å². The highest BCUT2D eigenvalue weighted by molar-refractivity contribution is 7.89. The summed E-state index contributed by atoms with van der Waals surface area (Å²) in [6, 6.07) is 1.79. The lowest BCUT2D eigenvalue weighted by atomic mass is 10.3. The molecule has 0 aliphatic carbocycles. The van der Waals surface area contributed by atoms with Crippen molar-refractivity contribution in [3.63, 3.8) is 0 Å². The van der Waals surface area contributed by atoms with Gasteiger partial charge in [0.15, 0.2) is 12.7 Å². The summed E-state index contributed by atoms with van der Waals surface area (Å²) < 4.78 is 26.5. The molecule has 2 N–H and O–H groups in total. The third-order valence-electron chi connectivity index (χ3n) is 2.48. The molecule has 21 heavy (non-hydrogen) atoms. The van der Waals surface area contributed by atoms with Crippen molar-refractivity contribution in [3.8, 4) is 10.6 Å². The van der Waals surface area contributed by atoms with E-state index in [1.807, 2.05) is 10.1 Å². The van der Waals surface area contributed by atoms with E-state index in [1.165, 1.54) is 16.0 Å². The molecule has 2 heterocycles. The van der Waals surface area contributed by atoms with Crippen LogP contribution in [-0.2, 0) is 21.4 Å². The van der Waals surface area contributed by atoms with Crippen molar-refractivity contribution < 1.29 is 23.0 Å². The van der Waals surface area contributed by atoms with E-state index in [2.05, 4.69) is 10.1 Å². The van der Waals surface area contributed by atoms with E-state index in [4.69, 9.17) is 5.11 Å². The summed E-state index contributed by atoms with van der Waals surface area (Å²) in [4.78, 5) is 14.5. The Morgan fingerprint density at radius 1 is 1.48 bits per heavy atom. The summed E-state index contributed by atoms with van der Waals surface area (Å²) in [6.07, 6.45) is 4.96. The fourth-order valence-corrected chi connectivity index (χ4v) is 3.01. The van der Waals surface area contributed by atoms with Crippen LogP contribution in [0.2, 0.25) is 0 Å². The Labute approximate surface area is 125 Å². The van der Waals surface area contributed by atoms with Gasteiger partial charge >= 0.3 is 5.97 Å². The maximum Gasteiger partial charge on any atom is 0.318 e. The van der Waals surface area contributed by atoms with Gasteiger partial charge in [-0.15, -0.1) is 11.3 Å². The largest absolute Gasteiger partial charge is 0.480 e. The predicted octanol–water partition coefficient (Wildman–Crippen LogP) is -0.503. The molecule has 0 atom stereocenters. The maximum atomic E-state index is 11.5. The summed E-state index contributed by atoms with van der Waals surface area (Å²) in [6.45, 7) is -0.490. The van der Waals surface area contributed by atoms with Crippen molar-refractivity contribution in [1.29, 1.82) is 0 Å². The summed E-state index contributed by atoms with van der Waals surface area (Å²) in [7, 11) is -3.63. The number of rotatable bonds is 7. The first kappa shape index (κ1) is 15.5. The van der Waals surface area contributed by atoms with Crippen LogP contribution in [0.4, 0.5) is 0 Å². The van der Waals surface area contributed by atoms with E-state index in [0.717, 1.165) is 10.6 Å². The molecule has 0 radical (unpaired) electrons. The Kier molecular flexibility index (Phi) is 4.94. The average molecular weight is 329 g/mol. The van der Waals surface area contributed by atoms with Gasteiger partial charge in [-0.05, 0) is 5.10 Å². The normalized spacial score (nSPS) is 11.4. The van der Waals surface area contributed by atoms with Crippen LogP contribution in [-0.4, -0.2) is 41.9 Å². The summed E-state index contributed by atoms with van der Waals surface area (Å²) >= 11 is 1.49. The zero-order valence-electron chi connectivity index (χ0n) is 10.8. The first-order chi connectivity index (χ1) is 9.96. The average Bonchev–Trinajstić information content (AvgIpc) is 2.98. The maximum absolute atomic E-state index is 11.5. The van der Waals surface area contributed by atoms with Crippen LogP contribution in [0, 0.1) is 0 Å². The molecular weight excluding hydrogens is 316 g/mol. The van der Waals surface area contributed by atoms with Gasteiger partial charge in [-0.2, -0.15) is 0 Å². The third-order valence-corrected chi connectivity index (χ3v) is 4.61. The van der Waals surface area contributed by atoms with E-state index >= 15 is 0 Å². The SMILES string of the molecule is O=C(O)CNS(=O)(=O)CC[n+]1ccc(-c2nccs2)cn1. The number of hydrogen-bond donors (Lipinski definition) is 2. The van der Waals surface area contributed by atoms with Crippen LogP contribution < -0.4 is 9.40 Å². The lowest BCUT2D eigenvalue weighted by Gasteiger charge is -2.01. The van der Waals surface area contributed by atoms with Crippen molar-refractivity contribution in [1.82, 2.24) is 14.8 Å². The topological polar surface area (TPSA) is 113 Å². The molecule has 0 saturated heterocycles. The molecule has 0 aromatic carbocycles. The van der Waals surface area contributed by atoms with Gasteiger partial charge in [-0.3, -0.25) is 4.79 Å². The lowest BCUT2D eigenvalue weighted by Crippen LogP contribution is -2.43. The zero-order valence-corrected chi connectivity index (χ0v) is 12.5. The lowest BCUT2D eigenvalue weighted by molar-refractivity contribution is -0.749. The highest BCUT2D eigenvalue weighted by Gasteiger charge is 2.16. The fraction of sp³-hybridized carbons (Fsp3) is 0.273. The number of nitrogens with one attached hydrogen (secondary N) is 1. The number of aromatic nitrogens is 3.